The van der Waals surface area contributed by atoms with Crippen LogP contribution in [0.5, 0.6) is 0 Å². The Labute approximate surface area is 80.9 Å². The summed E-state index contributed by atoms with van der Waals surface area (Å²) in [5.41, 5.74) is 3.10. The summed E-state index contributed by atoms with van der Waals surface area (Å²) >= 11 is 6.78. The third-order valence-corrected chi connectivity index (χ3v) is 3.61. The van der Waals surface area contributed by atoms with E-state index >= 15 is 0 Å². The first-order valence-corrected chi connectivity index (χ1v) is 5.54. The highest BCUT2D eigenvalue weighted by Crippen LogP contribution is 2.30. The lowest BCUT2D eigenvalue weighted by atomic mass is 10.3. The van der Waals surface area contributed by atoms with Crippen molar-refractivity contribution in [1.29, 1.82) is 0 Å². The highest BCUT2D eigenvalue weighted by Gasteiger charge is 2.00. The first-order valence-electron chi connectivity index (χ1n) is 2.99. The van der Waals surface area contributed by atoms with Gasteiger partial charge in [-0.1, -0.05) is 0 Å². The first kappa shape index (κ1) is 7.46. The van der Waals surface area contributed by atoms with Crippen LogP contribution in [0.1, 0.15) is 0 Å². The van der Waals surface area contributed by atoms with E-state index in [1.54, 1.807) is 22.7 Å². The molecule has 0 fully saturated rings. The Morgan fingerprint density at radius 2 is 2.27 bits per heavy atom. The predicted molar refractivity (Wildman–Crippen MR) is 53.1 cm³/mol. The van der Waals surface area contributed by atoms with Gasteiger partial charge in [0.25, 0.3) is 0 Å². The number of thiazole rings is 1. The van der Waals surface area contributed by atoms with Gasteiger partial charge in [0.15, 0.2) is 0 Å². The number of hydrogen-bond donors (Lipinski definition) is 0. The van der Waals surface area contributed by atoms with Crippen LogP contribution in [0.4, 0.5) is 0 Å². The van der Waals surface area contributed by atoms with Crippen molar-refractivity contribution in [2.24, 2.45) is 0 Å². The molecule has 2 aromatic rings. The average molecular weight is 246 g/mol. The normalized spacial score (nSPS) is 10.3. The van der Waals surface area contributed by atoms with E-state index in [9.17, 15) is 0 Å². The zero-order chi connectivity index (χ0) is 7.68. The highest BCUT2D eigenvalue weighted by atomic mass is 79.9. The van der Waals surface area contributed by atoms with Crippen LogP contribution in [0.25, 0.3) is 10.4 Å². The molecule has 56 valence electrons. The summed E-state index contributed by atoms with van der Waals surface area (Å²) in [7, 11) is 0. The van der Waals surface area contributed by atoms with Gasteiger partial charge in [0, 0.05) is 17.1 Å². The van der Waals surface area contributed by atoms with Gasteiger partial charge in [-0.3, -0.25) is 4.98 Å². The van der Waals surface area contributed by atoms with E-state index in [1.165, 1.54) is 14.2 Å². The molecule has 0 aliphatic heterocycles. The molecule has 2 aromatic heterocycles. The molecule has 0 unspecified atom stereocenters. The van der Waals surface area contributed by atoms with Crippen molar-refractivity contribution in [3.63, 3.8) is 0 Å². The van der Waals surface area contributed by atoms with Gasteiger partial charge in [0.2, 0.25) is 0 Å². The standard InChI is InChI=1S/C7H4BrNS2/c8-7-1-5(3-10-7)6-2-9-4-11-6/h1-4H. The molecule has 0 aliphatic carbocycles. The Kier molecular flexibility index (Phi) is 2.07. The van der Waals surface area contributed by atoms with Gasteiger partial charge < -0.3 is 0 Å². The van der Waals surface area contributed by atoms with Crippen molar-refractivity contribution in [3.05, 3.63) is 26.9 Å². The number of hydrogen-bond acceptors (Lipinski definition) is 3. The van der Waals surface area contributed by atoms with Crippen molar-refractivity contribution < 1.29 is 0 Å². The monoisotopic (exact) mass is 245 g/mol. The van der Waals surface area contributed by atoms with E-state index in [-0.39, 0.29) is 0 Å². The lowest BCUT2D eigenvalue weighted by Gasteiger charge is -1.84. The van der Waals surface area contributed by atoms with E-state index < -0.39 is 0 Å². The summed E-state index contributed by atoms with van der Waals surface area (Å²) in [4.78, 5) is 5.24. The molecule has 2 rings (SSSR count). The summed E-state index contributed by atoms with van der Waals surface area (Å²) in [5, 5.41) is 2.12. The Bertz CT molecular complexity index is 339. The molecule has 11 heavy (non-hydrogen) atoms. The third kappa shape index (κ3) is 1.52. The zero-order valence-electron chi connectivity index (χ0n) is 5.45. The smallest absolute Gasteiger partial charge is 0.0797 e. The Morgan fingerprint density at radius 1 is 1.36 bits per heavy atom. The fraction of sp³-hybridized carbons (Fsp3) is 0. The minimum absolute atomic E-state index is 1.17. The minimum atomic E-state index is 1.17. The number of nitrogens with zero attached hydrogens (tertiary/aromatic N) is 1. The topological polar surface area (TPSA) is 12.9 Å². The average Bonchev–Trinajstić information content (AvgIpc) is 2.55. The maximum absolute atomic E-state index is 4.02. The van der Waals surface area contributed by atoms with Crippen molar-refractivity contribution >= 4 is 38.6 Å². The summed E-state index contributed by atoms with van der Waals surface area (Å²) in [5.74, 6) is 0. The molecule has 0 saturated carbocycles. The fourth-order valence-corrected chi connectivity index (χ4v) is 2.64. The van der Waals surface area contributed by atoms with Gasteiger partial charge in [-0.2, -0.15) is 0 Å². The Hall–Kier alpha value is -0.190. The summed E-state index contributed by atoms with van der Waals surface area (Å²) in [6, 6.07) is 2.11. The van der Waals surface area contributed by atoms with Crippen LogP contribution in [0.3, 0.4) is 0 Å². The van der Waals surface area contributed by atoms with E-state index in [4.69, 9.17) is 0 Å². The molecule has 0 amide bonds. The molecule has 0 aromatic carbocycles. The van der Waals surface area contributed by atoms with E-state index in [2.05, 4.69) is 32.4 Å². The van der Waals surface area contributed by atoms with Gasteiger partial charge in [0.1, 0.15) is 0 Å². The van der Waals surface area contributed by atoms with Gasteiger partial charge in [0.05, 0.1) is 14.2 Å². The van der Waals surface area contributed by atoms with Crippen molar-refractivity contribution in [1.82, 2.24) is 4.98 Å². The number of rotatable bonds is 1. The molecule has 4 heteroatoms. The van der Waals surface area contributed by atoms with Crippen LogP contribution in [0.15, 0.2) is 26.9 Å². The van der Waals surface area contributed by atoms with Crippen LogP contribution < -0.4 is 0 Å². The Morgan fingerprint density at radius 3 is 2.82 bits per heavy atom. The van der Waals surface area contributed by atoms with Gasteiger partial charge in [-0.25, -0.2) is 0 Å². The molecular weight excluding hydrogens is 242 g/mol. The van der Waals surface area contributed by atoms with Crippen molar-refractivity contribution in [3.8, 4) is 10.4 Å². The van der Waals surface area contributed by atoms with E-state index in [0.29, 0.717) is 0 Å². The SMILES string of the molecule is Brc1cc(-c2cncs2)cs1. The van der Waals surface area contributed by atoms with Gasteiger partial charge in [-0.05, 0) is 22.0 Å². The van der Waals surface area contributed by atoms with Crippen LogP contribution in [0.2, 0.25) is 0 Å². The molecule has 2 heterocycles. The molecule has 1 nitrogen and oxygen atoms in total. The van der Waals surface area contributed by atoms with Crippen LogP contribution in [0, 0.1) is 0 Å². The third-order valence-electron chi connectivity index (χ3n) is 1.28. The Balaban J connectivity index is 2.45. The largest absolute Gasteiger partial charge is 0.252 e. The van der Waals surface area contributed by atoms with E-state index in [1.807, 2.05) is 11.7 Å². The molecular formula is C7H4BrNS2. The molecule has 0 N–H and O–H groups in total. The predicted octanol–water partition coefficient (Wildman–Crippen LogP) is 3.63. The van der Waals surface area contributed by atoms with Crippen LogP contribution in [-0.2, 0) is 0 Å². The first-order chi connectivity index (χ1) is 5.36. The molecule has 0 bridgehead atoms. The van der Waals surface area contributed by atoms with Crippen LogP contribution in [-0.4, -0.2) is 4.98 Å². The fourth-order valence-electron chi connectivity index (χ4n) is 0.798. The minimum Gasteiger partial charge on any atom is -0.252 e. The number of halogens is 1. The second-order valence-corrected chi connectivity index (χ2v) is 5.18. The second kappa shape index (κ2) is 3.05. The van der Waals surface area contributed by atoms with Crippen molar-refractivity contribution in [2.75, 3.05) is 0 Å². The summed E-state index contributed by atoms with van der Waals surface area (Å²) < 4.78 is 1.17. The lowest BCUT2D eigenvalue weighted by molar-refractivity contribution is 1.43. The second-order valence-electron chi connectivity index (χ2n) is 2.01. The van der Waals surface area contributed by atoms with E-state index in [0.717, 1.165) is 0 Å². The zero-order valence-corrected chi connectivity index (χ0v) is 8.67. The van der Waals surface area contributed by atoms with Crippen LogP contribution >= 0.6 is 38.6 Å². The summed E-state index contributed by atoms with van der Waals surface area (Å²) in [6.07, 6.45) is 1.89. The van der Waals surface area contributed by atoms with Gasteiger partial charge in [-0.15, -0.1) is 22.7 Å². The molecule has 0 radical (unpaired) electrons. The molecule has 0 spiro atoms. The summed E-state index contributed by atoms with van der Waals surface area (Å²) in [6.45, 7) is 0. The number of aromatic nitrogens is 1. The quantitative estimate of drug-likeness (QED) is 0.748. The lowest BCUT2D eigenvalue weighted by Crippen LogP contribution is -1.60. The number of thiophene rings is 1. The maximum atomic E-state index is 4.02. The maximum Gasteiger partial charge on any atom is 0.0797 e. The molecule has 0 atom stereocenters. The van der Waals surface area contributed by atoms with Crippen molar-refractivity contribution in [2.45, 2.75) is 0 Å². The highest BCUT2D eigenvalue weighted by molar-refractivity contribution is 9.11. The molecule has 0 aliphatic rings. The molecule has 0 saturated heterocycles. The van der Waals surface area contributed by atoms with Gasteiger partial charge >= 0.3 is 0 Å².